The van der Waals surface area contributed by atoms with Gasteiger partial charge in [0.05, 0.1) is 31.5 Å². The smallest absolute Gasteiger partial charge is 0.373 e. The van der Waals surface area contributed by atoms with Crippen LogP contribution < -0.4 is 0 Å². The Morgan fingerprint density at radius 3 is 2.77 bits per heavy atom. The molecule has 0 saturated carbocycles. The van der Waals surface area contributed by atoms with E-state index >= 15 is 0 Å². The highest BCUT2D eigenvalue weighted by molar-refractivity contribution is 5.97. The number of amides is 1. The normalized spacial score (nSPS) is 21.1. The van der Waals surface area contributed by atoms with Crippen molar-refractivity contribution in [2.24, 2.45) is 4.99 Å². The molecule has 0 spiro atoms. The van der Waals surface area contributed by atoms with E-state index in [9.17, 15) is 24.2 Å². The second-order valence-electron chi connectivity index (χ2n) is 7.70. The van der Waals surface area contributed by atoms with Gasteiger partial charge in [0.2, 0.25) is 5.76 Å². The number of rotatable bonds is 9. The van der Waals surface area contributed by atoms with Crippen LogP contribution in [0.3, 0.4) is 0 Å². The Morgan fingerprint density at radius 1 is 1.31 bits per heavy atom. The van der Waals surface area contributed by atoms with Gasteiger partial charge >= 0.3 is 5.97 Å². The van der Waals surface area contributed by atoms with Crippen LogP contribution in [0.5, 0.6) is 0 Å². The van der Waals surface area contributed by atoms with Gasteiger partial charge in [0.25, 0.3) is 5.91 Å². The quantitative estimate of drug-likeness (QED) is 0.519. The molecule has 2 aliphatic heterocycles. The Morgan fingerprint density at radius 2 is 2.09 bits per heavy atom. The van der Waals surface area contributed by atoms with E-state index in [1.807, 2.05) is 30.3 Å². The lowest BCUT2D eigenvalue weighted by Crippen LogP contribution is -2.36. The Bertz CT molecular complexity index is 1130. The van der Waals surface area contributed by atoms with Gasteiger partial charge < -0.3 is 24.6 Å². The maximum Gasteiger partial charge on any atom is 0.373 e. The molecule has 0 unspecified atom stereocenters. The fourth-order valence-corrected chi connectivity index (χ4v) is 3.40. The van der Waals surface area contributed by atoms with Crippen LogP contribution in [0, 0.1) is 0 Å². The highest BCUT2D eigenvalue weighted by Gasteiger charge is 2.30. The zero-order chi connectivity index (χ0) is 25.2. The maximum atomic E-state index is 13.4. The van der Waals surface area contributed by atoms with Crippen molar-refractivity contribution in [1.29, 1.82) is 0 Å². The van der Waals surface area contributed by atoms with E-state index in [-0.39, 0.29) is 42.6 Å². The first-order chi connectivity index (χ1) is 16.9. The first-order valence-electron chi connectivity index (χ1n) is 11.1. The summed E-state index contributed by atoms with van der Waals surface area (Å²) in [6.45, 7) is 1.07. The van der Waals surface area contributed by atoms with Gasteiger partial charge in [0.15, 0.2) is 0 Å². The van der Waals surface area contributed by atoms with Crippen molar-refractivity contribution in [1.82, 2.24) is 4.90 Å². The average Bonchev–Trinajstić information content (AvgIpc) is 2.88. The highest BCUT2D eigenvalue weighted by Crippen LogP contribution is 2.25. The van der Waals surface area contributed by atoms with Gasteiger partial charge in [-0.05, 0) is 31.4 Å². The number of carboxylic acid groups (broad SMARTS) is 1. The summed E-state index contributed by atoms with van der Waals surface area (Å²) in [4.78, 5) is 30.5. The summed E-state index contributed by atoms with van der Waals surface area (Å²) in [6.07, 6.45) is 7.76. The number of aliphatic hydroxyl groups is 1. The molecule has 0 atom stereocenters. The lowest BCUT2D eigenvalue weighted by Gasteiger charge is -2.29. The van der Waals surface area contributed by atoms with Crippen molar-refractivity contribution in [2.45, 2.75) is 26.4 Å². The second-order valence-corrected chi connectivity index (χ2v) is 7.70. The molecule has 1 aromatic rings. The zero-order valence-corrected chi connectivity index (χ0v) is 19.3. The van der Waals surface area contributed by atoms with Gasteiger partial charge in [-0.3, -0.25) is 9.79 Å². The van der Waals surface area contributed by atoms with Crippen LogP contribution in [0.25, 0.3) is 0 Å². The zero-order valence-electron chi connectivity index (χ0n) is 19.3. The molecular weight excluding hydrogens is 455 g/mol. The van der Waals surface area contributed by atoms with Gasteiger partial charge in [-0.15, -0.1) is 0 Å². The van der Waals surface area contributed by atoms with Crippen molar-refractivity contribution >= 4 is 18.1 Å². The number of carbonyl (C=O) groups excluding carboxylic acids is 1. The number of carbonyl (C=O) groups is 2. The predicted molar refractivity (Wildman–Crippen MR) is 127 cm³/mol. The Kier molecular flexibility index (Phi) is 9.14. The van der Waals surface area contributed by atoms with Crippen LogP contribution >= 0.6 is 0 Å². The number of ether oxygens (including phenoxy) is 2. The number of hydrogen-bond donors (Lipinski definition) is 2. The number of carboxylic acids is 1. The molecule has 0 aromatic heterocycles. The van der Waals surface area contributed by atoms with Gasteiger partial charge in [-0.2, -0.15) is 0 Å². The number of aliphatic imine (C=N–C) groups is 1. The largest absolute Gasteiger partial charge is 0.491 e. The molecule has 0 radical (unpaired) electrons. The molecule has 1 aromatic carbocycles. The summed E-state index contributed by atoms with van der Waals surface area (Å²) < 4.78 is 24.8. The molecule has 8 nitrogen and oxygen atoms in total. The number of aliphatic carboxylic acids is 1. The third kappa shape index (κ3) is 7.00. The average molecular weight is 483 g/mol. The molecule has 184 valence electrons. The number of fused-ring (bicyclic) bond motifs is 2. The molecule has 1 amide bonds. The Balaban J connectivity index is 1.95. The van der Waals surface area contributed by atoms with Gasteiger partial charge in [0, 0.05) is 11.8 Å². The molecule has 2 bridgehead atoms. The maximum absolute atomic E-state index is 13.4. The molecule has 2 heterocycles. The first kappa shape index (κ1) is 25.6. The fraction of sp³-hybridized carbons (Fsp3) is 0.269. The summed E-state index contributed by atoms with van der Waals surface area (Å²) in [5.41, 5.74) is 1.41. The summed E-state index contributed by atoms with van der Waals surface area (Å²) in [7, 11) is 0. The molecule has 35 heavy (non-hydrogen) atoms. The number of halogens is 1. The molecule has 2 aliphatic rings. The number of aliphatic hydroxyl groups excluding tert-OH is 1. The van der Waals surface area contributed by atoms with Crippen molar-refractivity contribution < 1.29 is 33.7 Å². The number of allylic oxidation sites excluding steroid dienone is 5. The standard InChI is InChI=1S/C26H27FN2O6/c1-2-20(27)11-7-6-10-19-12-28-13-22(34-17-18-8-4-3-5-9-18)21(16-30)25(31)29-14-23(19)35-24(15-29)26(32)33/h2-5,7-9,11-12,15,30H,6,10,13-14,16-17H2,1H3,(H,32,33)/b11-7-,20-2+,22-21+,23-19+,28-12?. The third-order valence-corrected chi connectivity index (χ3v) is 5.27. The molecule has 0 fully saturated rings. The van der Waals surface area contributed by atoms with Crippen molar-refractivity contribution in [2.75, 3.05) is 19.7 Å². The van der Waals surface area contributed by atoms with Crippen molar-refractivity contribution in [3.05, 3.63) is 94.6 Å². The van der Waals surface area contributed by atoms with Crippen molar-refractivity contribution in [3.63, 3.8) is 0 Å². The molecule has 0 saturated heterocycles. The van der Waals surface area contributed by atoms with E-state index in [2.05, 4.69) is 4.99 Å². The van der Waals surface area contributed by atoms with Gasteiger partial charge in [-0.1, -0.05) is 42.5 Å². The summed E-state index contributed by atoms with van der Waals surface area (Å²) >= 11 is 0. The van der Waals surface area contributed by atoms with Crippen LogP contribution in [-0.2, 0) is 25.7 Å². The van der Waals surface area contributed by atoms with Gasteiger partial charge in [-0.25, -0.2) is 9.18 Å². The minimum Gasteiger partial charge on any atom is -0.491 e. The monoisotopic (exact) mass is 482 g/mol. The van der Waals surface area contributed by atoms with E-state index in [0.29, 0.717) is 18.4 Å². The summed E-state index contributed by atoms with van der Waals surface area (Å²) in [6, 6.07) is 9.32. The van der Waals surface area contributed by atoms with Crippen LogP contribution in [0.4, 0.5) is 4.39 Å². The van der Waals surface area contributed by atoms with E-state index < -0.39 is 24.2 Å². The second kappa shape index (κ2) is 12.5. The van der Waals surface area contributed by atoms with Crippen LogP contribution in [0.2, 0.25) is 0 Å². The highest BCUT2D eigenvalue weighted by atomic mass is 19.1. The minimum absolute atomic E-state index is 0.0162. The number of benzene rings is 1. The number of nitrogens with zero attached hydrogens (tertiary/aromatic N) is 2. The van der Waals surface area contributed by atoms with Crippen LogP contribution in [0.1, 0.15) is 25.3 Å². The van der Waals surface area contributed by atoms with E-state index in [0.717, 1.165) is 11.8 Å². The molecule has 2 N–H and O–H groups in total. The SMILES string of the molecule is C/C=C(F)\C=C/CC/C1=C2/CN(C=C(C(=O)O)O2)C(=O)/C(CO)=C(/OCc2ccccc2)CN=C1. The predicted octanol–water partition coefficient (Wildman–Crippen LogP) is 3.78. The van der Waals surface area contributed by atoms with Crippen LogP contribution in [-0.4, -0.2) is 52.9 Å². The fourth-order valence-electron chi connectivity index (χ4n) is 3.40. The molecule has 3 rings (SSSR count). The molecule has 0 aliphatic carbocycles. The van der Waals surface area contributed by atoms with Crippen molar-refractivity contribution in [3.8, 4) is 0 Å². The molecular formula is C26H27FN2O6. The van der Waals surface area contributed by atoms with E-state index in [4.69, 9.17) is 9.47 Å². The minimum atomic E-state index is -1.35. The van der Waals surface area contributed by atoms with E-state index in [1.165, 1.54) is 23.3 Å². The Labute approximate surface area is 202 Å². The lowest BCUT2D eigenvalue weighted by atomic mass is 10.1. The first-order valence-corrected chi connectivity index (χ1v) is 11.1. The van der Waals surface area contributed by atoms with E-state index in [1.54, 1.807) is 13.0 Å². The number of hydrogen-bond acceptors (Lipinski definition) is 6. The molecule has 9 heteroatoms. The summed E-state index contributed by atoms with van der Waals surface area (Å²) in [5, 5.41) is 19.5. The summed E-state index contributed by atoms with van der Waals surface area (Å²) in [5.74, 6) is -2.34. The lowest BCUT2D eigenvalue weighted by molar-refractivity contribution is -0.136. The third-order valence-electron chi connectivity index (χ3n) is 5.27. The Hall–Kier alpha value is -3.98. The van der Waals surface area contributed by atoms with Gasteiger partial charge in [0.1, 0.15) is 24.0 Å². The van der Waals surface area contributed by atoms with Crippen LogP contribution in [0.15, 0.2) is 94.0 Å². The topological polar surface area (TPSA) is 109 Å².